The van der Waals surface area contributed by atoms with E-state index in [1.54, 1.807) is 18.2 Å². The minimum absolute atomic E-state index is 0.0109. The predicted octanol–water partition coefficient (Wildman–Crippen LogP) is 4.50. The van der Waals surface area contributed by atoms with Gasteiger partial charge in [-0.2, -0.15) is 0 Å². The summed E-state index contributed by atoms with van der Waals surface area (Å²) in [4.78, 5) is 12.5. The highest BCUT2D eigenvalue weighted by atomic mass is 32.2. The van der Waals surface area contributed by atoms with Gasteiger partial charge in [0.05, 0.1) is 4.90 Å². The summed E-state index contributed by atoms with van der Waals surface area (Å²) in [5.41, 5.74) is 1.87. The molecule has 30 heavy (non-hydrogen) atoms. The van der Waals surface area contributed by atoms with Gasteiger partial charge in [-0.15, -0.1) is 10.2 Å². The molecule has 0 saturated heterocycles. The maximum absolute atomic E-state index is 12.8. The van der Waals surface area contributed by atoms with Crippen LogP contribution in [0.5, 0.6) is 0 Å². The lowest BCUT2D eigenvalue weighted by molar-refractivity contribution is 0.102. The van der Waals surface area contributed by atoms with Gasteiger partial charge in [0.15, 0.2) is 0 Å². The Kier molecular flexibility index (Phi) is 7.17. The molecule has 0 atom stereocenters. The molecule has 0 aliphatic rings. The zero-order valence-electron chi connectivity index (χ0n) is 16.9. The number of sulfonamides is 1. The van der Waals surface area contributed by atoms with Crippen LogP contribution in [0.25, 0.3) is 0 Å². The van der Waals surface area contributed by atoms with Crippen LogP contribution in [0.1, 0.15) is 47.6 Å². The topological polar surface area (TPSA) is 101 Å². The first kappa shape index (κ1) is 21.9. The lowest BCUT2D eigenvalue weighted by Crippen LogP contribution is -2.16. The monoisotopic (exact) mass is 444 g/mol. The van der Waals surface area contributed by atoms with Gasteiger partial charge in [0.1, 0.15) is 5.01 Å². The first-order valence-electron chi connectivity index (χ1n) is 9.77. The molecule has 0 aliphatic heterocycles. The first-order valence-corrected chi connectivity index (χ1v) is 12.1. The van der Waals surface area contributed by atoms with Crippen LogP contribution in [-0.4, -0.2) is 24.5 Å². The average Bonchev–Trinajstić information content (AvgIpc) is 3.20. The van der Waals surface area contributed by atoms with Crippen molar-refractivity contribution in [2.75, 3.05) is 10.0 Å². The Morgan fingerprint density at radius 3 is 2.50 bits per heavy atom. The van der Waals surface area contributed by atoms with Crippen molar-refractivity contribution in [2.45, 2.75) is 44.4 Å². The number of hydrogen-bond donors (Lipinski definition) is 2. The molecule has 0 unspecified atom stereocenters. The van der Waals surface area contributed by atoms with E-state index in [0.29, 0.717) is 10.8 Å². The molecule has 1 amide bonds. The minimum Gasteiger partial charge on any atom is -0.296 e. The summed E-state index contributed by atoms with van der Waals surface area (Å²) in [6.07, 6.45) is 3.90. The number of hydrogen-bond acceptors (Lipinski definition) is 6. The number of carbonyl (C=O) groups is 1. The number of anilines is 2. The normalized spacial score (nSPS) is 11.3. The largest absolute Gasteiger partial charge is 0.296 e. The van der Waals surface area contributed by atoms with Crippen molar-refractivity contribution >= 4 is 38.1 Å². The SMILES string of the molecule is CCCCc1ccc(NS(=O)(=O)c2cccc(C(=O)Nc3nnc(CC)s3)c2)cc1. The highest BCUT2D eigenvalue weighted by Gasteiger charge is 2.17. The number of benzene rings is 2. The van der Waals surface area contributed by atoms with Crippen molar-refractivity contribution in [2.24, 2.45) is 0 Å². The fourth-order valence-corrected chi connectivity index (χ4v) is 4.53. The molecule has 2 N–H and O–H groups in total. The van der Waals surface area contributed by atoms with Crippen molar-refractivity contribution in [3.05, 3.63) is 64.7 Å². The Bertz CT molecular complexity index is 1110. The number of amides is 1. The van der Waals surface area contributed by atoms with E-state index < -0.39 is 15.9 Å². The number of carbonyl (C=O) groups excluding carboxylic acids is 1. The van der Waals surface area contributed by atoms with E-state index in [1.165, 1.54) is 35.1 Å². The molecule has 0 spiro atoms. The summed E-state index contributed by atoms with van der Waals surface area (Å²) in [5.74, 6) is -0.439. The number of nitrogens with zero attached hydrogens (tertiary/aromatic N) is 2. The zero-order valence-corrected chi connectivity index (χ0v) is 18.5. The first-order chi connectivity index (χ1) is 14.4. The Morgan fingerprint density at radius 2 is 1.83 bits per heavy atom. The van der Waals surface area contributed by atoms with Crippen molar-refractivity contribution in [3.63, 3.8) is 0 Å². The summed E-state index contributed by atoms with van der Waals surface area (Å²) in [5, 5.41) is 11.7. The van der Waals surface area contributed by atoms with E-state index >= 15 is 0 Å². The van der Waals surface area contributed by atoms with Gasteiger partial charge < -0.3 is 0 Å². The predicted molar refractivity (Wildman–Crippen MR) is 120 cm³/mol. The Balaban J connectivity index is 1.72. The second-order valence-electron chi connectivity index (χ2n) is 6.74. The molecule has 0 radical (unpaired) electrons. The smallest absolute Gasteiger partial charge is 0.261 e. The van der Waals surface area contributed by atoms with Crippen LogP contribution in [0.15, 0.2) is 53.4 Å². The van der Waals surface area contributed by atoms with Crippen molar-refractivity contribution in [1.29, 1.82) is 0 Å². The Morgan fingerprint density at radius 1 is 1.07 bits per heavy atom. The minimum atomic E-state index is -3.83. The number of rotatable bonds is 9. The second-order valence-corrected chi connectivity index (χ2v) is 9.49. The van der Waals surface area contributed by atoms with E-state index in [1.807, 2.05) is 19.1 Å². The summed E-state index contributed by atoms with van der Waals surface area (Å²) < 4.78 is 28.1. The van der Waals surface area contributed by atoms with Crippen LogP contribution in [0.2, 0.25) is 0 Å². The highest BCUT2D eigenvalue weighted by molar-refractivity contribution is 7.92. The van der Waals surface area contributed by atoms with Gasteiger partial charge in [0, 0.05) is 11.3 Å². The molecule has 3 rings (SSSR count). The maximum Gasteiger partial charge on any atom is 0.261 e. The van der Waals surface area contributed by atoms with Crippen LogP contribution in [0.3, 0.4) is 0 Å². The van der Waals surface area contributed by atoms with Crippen molar-refractivity contribution < 1.29 is 13.2 Å². The Hall–Kier alpha value is -2.78. The van der Waals surface area contributed by atoms with Crippen LogP contribution in [0, 0.1) is 0 Å². The molecular weight excluding hydrogens is 420 g/mol. The standard InChI is InChI=1S/C21H24N4O3S2/c1-3-5-7-15-10-12-17(13-11-15)25-30(27,28)18-9-6-8-16(14-18)20(26)22-21-24-23-19(4-2)29-21/h6,8-14,25H,3-5,7H2,1-2H3,(H,22,24,26). The Labute approximate surface area is 180 Å². The quantitative estimate of drug-likeness (QED) is 0.506. The van der Waals surface area contributed by atoms with Crippen molar-refractivity contribution in [1.82, 2.24) is 10.2 Å². The summed E-state index contributed by atoms with van der Waals surface area (Å²) >= 11 is 1.29. The number of aryl methyl sites for hydroxylation is 2. The summed E-state index contributed by atoms with van der Waals surface area (Å²) in [7, 11) is -3.83. The lowest BCUT2D eigenvalue weighted by Gasteiger charge is -2.10. The van der Waals surface area contributed by atoms with Crippen LogP contribution in [-0.2, 0) is 22.9 Å². The zero-order chi connectivity index (χ0) is 21.6. The third kappa shape index (κ3) is 5.64. The van der Waals surface area contributed by atoms with Gasteiger partial charge in [-0.05, 0) is 55.2 Å². The molecule has 0 aliphatic carbocycles. The lowest BCUT2D eigenvalue weighted by atomic mass is 10.1. The van der Waals surface area contributed by atoms with E-state index in [9.17, 15) is 13.2 Å². The molecule has 2 aromatic carbocycles. The van der Waals surface area contributed by atoms with Gasteiger partial charge in [0.25, 0.3) is 15.9 Å². The molecule has 0 fully saturated rings. The molecule has 0 saturated carbocycles. The third-order valence-corrected chi connectivity index (χ3v) is 6.78. The average molecular weight is 445 g/mol. The molecule has 9 heteroatoms. The second kappa shape index (κ2) is 9.82. The van der Waals surface area contributed by atoms with Crippen LogP contribution in [0.4, 0.5) is 10.8 Å². The number of aromatic nitrogens is 2. The van der Waals surface area contributed by atoms with E-state index in [-0.39, 0.29) is 10.5 Å². The van der Waals surface area contributed by atoms with Gasteiger partial charge in [-0.1, -0.05) is 49.8 Å². The van der Waals surface area contributed by atoms with E-state index in [4.69, 9.17) is 0 Å². The van der Waals surface area contributed by atoms with Gasteiger partial charge in [0.2, 0.25) is 5.13 Å². The van der Waals surface area contributed by atoms with Crippen LogP contribution < -0.4 is 10.0 Å². The fraction of sp³-hybridized carbons (Fsp3) is 0.286. The van der Waals surface area contributed by atoms with Crippen LogP contribution >= 0.6 is 11.3 Å². The maximum atomic E-state index is 12.8. The number of unbranched alkanes of at least 4 members (excludes halogenated alkanes) is 1. The van der Waals surface area contributed by atoms with Crippen molar-refractivity contribution in [3.8, 4) is 0 Å². The molecular formula is C21H24N4O3S2. The van der Waals surface area contributed by atoms with Gasteiger partial charge in [-0.25, -0.2) is 8.42 Å². The molecule has 1 aromatic heterocycles. The third-order valence-electron chi connectivity index (χ3n) is 4.42. The molecule has 3 aromatic rings. The molecule has 1 heterocycles. The van der Waals surface area contributed by atoms with E-state index in [2.05, 4.69) is 27.2 Å². The molecule has 0 bridgehead atoms. The number of nitrogens with one attached hydrogen (secondary N) is 2. The van der Waals surface area contributed by atoms with Gasteiger partial charge >= 0.3 is 0 Å². The van der Waals surface area contributed by atoms with Gasteiger partial charge in [-0.3, -0.25) is 14.8 Å². The molecule has 7 nitrogen and oxygen atoms in total. The molecule has 158 valence electrons. The summed E-state index contributed by atoms with van der Waals surface area (Å²) in [6.45, 7) is 4.08. The fourth-order valence-electron chi connectivity index (χ4n) is 2.76. The summed E-state index contributed by atoms with van der Waals surface area (Å²) in [6, 6.07) is 13.2. The highest BCUT2D eigenvalue weighted by Crippen LogP contribution is 2.20. The van der Waals surface area contributed by atoms with E-state index in [0.717, 1.165) is 30.7 Å².